The third-order valence-electron chi connectivity index (χ3n) is 2.82. The van der Waals surface area contributed by atoms with Crippen molar-refractivity contribution in [3.63, 3.8) is 0 Å². The van der Waals surface area contributed by atoms with Crippen molar-refractivity contribution in [2.75, 3.05) is 39.3 Å². The minimum absolute atomic E-state index is 0.229. The minimum atomic E-state index is -0.229. The van der Waals surface area contributed by atoms with Crippen LogP contribution < -0.4 is 11.1 Å². The molecule has 0 aliphatic carbocycles. The highest BCUT2D eigenvalue weighted by molar-refractivity contribution is 5.73. The lowest BCUT2D eigenvalue weighted by atomic mass is 10.2. The molecule has 1 atom stereocenters. The quantitative estimate of drug-likeness (QED) is 0.581. The van der Waals surface area contributed by atoms with Crippen LogP contribution in [-0.2, 0) is 9.53 Å². The number of morpholine rings is 1. The first kappa shape index (κ1) is 13.4. The maximum atomic E-state index is 10.5. The number of ether oxygens (including phenoxy) is 1. The number of amides is 1. The van der Waals surface area contributed by atoms with Gasteiger partial charge in [0.15, 0.2) is 0 Å². The molecule has 3 N–H and O–H groups in total. The van der Waals surface area contributed by atoms with E-state index in [0.717, 1.165) is 45.8 Å². The molecule has 16 heavy (non-hydrogen) atoms. The fourth-order valence-electron chi connectivity index (χ4n) is 1.84. The lowest BCUT2D eigenvalue weighted by Crippen LogP contribution is -2.46. The van der Waals surface area contributed by atoms with Crippen LogP contribution in [0.3, 0.4) is 0 Å². The molecule has 1 rings (SSSR count). The molecular weight excluding hydrogens is 206 g/mol. The molecule has 1 heterocycles. The number of nitrogens with two attached hydrogens (primary N) is 1. The smallest absolute Gasteiger partial charge is 0.217 e. The number of likely N-dealkylation sites (N-methyl/N-ethyl adjacent to an activating group) is 1. The second kappa shape index (κ2) is 7.60. The van der Waals surface area contributed by atoms with Gasteiger partial charge >= 0.3 is 0 Å². The fraction of sp³-hybridized carbons (Fsp3) is 0.909. The topological polar surface area (TPSA) is 67.6 Å². The highest BCUT2D eigenvalue weighted by atomic mass is 16.5. The second-order valence-corrected chi connectivity index (χ2v) is 4.16. The molecule has 94 valence electrons. The summed E-state index contributed by atoms with van der Waals surface area (Å²) in [7, 11) is 0. The summed E-state index contributed by atoms with van der Waals surface area (Å²) in [4.78, 5) is 12.9. The molecule has 0 aromatic heterocycles. The fourth-order valence-corrected chi connectivity index (χ4v) is 1.84. The monoisotopic (exact) mass is 229 g/mol. The molecule has 0 spiro atoms. The molecule has 1 fully saturated rings. The predicted molar refractivity (Wildman–Crippen MR) is 63.2 cm³/mol. The molecule has 5 heteroatoms. The molecule has 1 amide bonds. The number of carbonyl (C=O) groups is 1. The van der Waals surface area contributed by atoms with Crippen molar-refractivity contribution in [1.29, 1.82) is 0 Å². The highest BCUT2D eigenvalue weighted by Crippen LogP contribution is 2.03. The van der Waals surface area contributed by atoms with E-state index < -0.39 is 0 Å². The molecule has 1 saturated heterocycles. The van der Waals surface area contributed by atoms with Gasteiger partial charge in [0.1, 0.15) is 0 Å². The summed E-state index contributed by atoms with van der Waals surface area (Å²) < 4.78 is 5.64. The van der Waals surface area contributed by atoms with Crippen LogP contribution in [0.1, 0.15) is 19.8 Å². The predicted octanol–water partition coefficient (Wildman–Crippen LogP) is -0.438. The summed E-state index contributed by atoms with van der Waals surface area (Å²) in [6, 6.07) is 0. The van der Waals surface area contributed by atoms with Crippen LogP contribution in [0, 0.1) is 0 Å². The molecule has 0 bridgehead atoms. The Bertz CT molecular complexity index is 211. The van der Waals surface area contributed by atoms with Crippen molar-refractivity contribution >= 4 is 5.91 Å². The highest BCUT2D eigenvalue weighted by Gasteiger charge is 2.18. The zero-order valence-corrected chi connectivity index (χ0v) is 10.1. The number of hydrogen-bond donors (Lipinski definition) is 2. The van der Waals surface area contributed by atoms with Crippen LogP contribution in [0.4, 0.5) is 0 Å². The Balaban J connectivity index is 2.01. The van der Waals surface area contributed by atoms with E-state index in [9.17, 15) is 4.79 Å². The van der Waals surface area contributed by atoms with Crippen LogP contribution in [0.25, 0.3) is 0 Å². The maximum absolute atomic E-state index is 10.5. The largest absolute Gasteiger partial charge is 0.374 e. The molecule has 0 aromatic rings. The van der Waals surface area contributed by atoms with Crippen LogP contribution >= 0.6 is 0 Å². The third kappa shape index (κ3) is 5.44. The first-order chi connectivity index (χ1) is 7.72. The Morgan fingerprint density at radius 1 is 1.62 bits per heavy atom. The lowest BCUT2D eigenvalue weighted by molar-refractivity contribution is -0.118. The molecule has 0 saturated carbocycles. The van der Waals surface area contributed by atoms with Crippen molar-refractivity contribution in [3.05, 3.63) is 0 Å². The van der Waals surface area contributed by atoms with E-state index >= 15 is 0 Å². The van der Waals surface area contributed by atoms with Gasteiger partial charge in [-0.2, -0.15) is 0 Å². The first-order valence-corrected chi connectivity index (χ1v) is 6.05. The minimum Gasteiger partial charge on any atom is -0.374 e. The lowest BCUT2D eigenvalue weighted by Gasteiger charge is -2.32. The van der Waals surface area contributed by atoms with Crippen molar-refractivity contribution in [3.8, 4) is 0 Å². The van der Waals surface area contributed by atoms with Gasteiger partial charge in [-0.05, 0) is 19.5 Å². The van der Waals surface area contributed by atoms with Crippen molar-refractivity contribution < 1.29 is 9.53 Å². The third-order valence-corrected chi connectivity index (χ3v) is 2.82. The number of hydrogen-bond acceptors (Lipinski definition) is 4. The standard InChI is InChI=1S/C11H23N3O2/c1-2-14-6-7-16-10(9-14)8-13-5-3-4-11(12)15/h10,13H,2-9H2,1H3,(H2,12,15). The van der Waals surface area contributed by atoms with Crippen LogP contribution in [0.2, 0.25) is 0 Å². The molecular formula is C11H23N3O2. The Kier molecular flexibility index (Phi) is 6.37. The van der Waals surface area contributed by atoms with Gasteiger partial charge in [0, 0.05) is 26.1 Å². The maximum Gasteiger partial charge on any atom is 0.217 e. The van der Waals surface area contributed by atoms with Crippen LogP contribution in [0.15, 0.2) is 0 Å². The number of rotatable bonds is 7. The summed E-state index contributed by atoms with van der Waals surface area (Å²) >= 11 is 0. The van der Waals surface area contributed by atoms with Gasteiger partial charge in [-0.3, -0.25) is 9.69 Å². The van der Waals surface area contributed by atoms with Gasteiger partial charge in [-0.1, -0.05) is 6.92 Å². The van der Waals surface area contributed by atoms with Crippen LogP contribution in [0.5, 0.6) is 0 Å². The zero-order valence-electron chi connectivity index (χ0n) is 10.1. The number of nitrogens with zero attached hydrogens (tertiary/aromatic N) is 1. The van der Waals surface area contributed by atoms with Crippen molar-refractivity contribution in [1.82, 2.24) is 10.2 Å². The van der Waals surface area contributed by atoms with E-state index in [1.807, 2.05) is 0 Å². The average molecular weight is 229 g/mol. The Hall–Kier alpha value is -0.650. The SMILES string of the molecule is CCN1CCOC(CNCCCC(N)=O)C1. The van der Waals surface area contributed by atoms with E-state index in [-0.39, 0.29) is 12.0 Å². The molecule has 5 nitrogen and oxygen atoms in total. The van der Waals surface area contributed by atoms with E-state index in [1.54, 1.807) is 0 Å². The van der Waals surface area contributed by atoms with Gasteiger partial charge in [0.2, 0.25) is 5.91 Å². The Morgan fingerprint density at radius 2 is 2.44 bits per heavy atom. The first-order valence-electron chi connectivity index (χ1n) is 6.05. The zero-order chi connectivity index (χ0) is 11.8. The van der Waals surface area contributed by atoms with Gasteiger partial charge in [-0.15, -0.1) is 0 Å². The summed E-state index contributed by atoms with van der Waals surface area (Å²) in [6.07, 6.45) is 1.54. The van der Waals surface area contributed by atoms with E-state index in [4.69, 9.17) is 10.5 Å². The van der Waals surface area contributed by atoms with Gasteiger partial charge in [0.25, 0.3) is 0 Å². The number of primary amides is 1. The van der Waals surface area contributed by atoms with Crippen molar-refractivity contribution in [2.45, 2.75) is 25.9 Å². The molecule has 0 radical (unpaired) electrons. The van der Waals surface area contributed by atoms with E-state index in [1.165, 1.54) is 0 Å². The van der Waals surface area contributed by atoms with Gasteiger partial charge in [-0.25, -0.2) is 0 Å². The molecule has 1 aliphatic heterocycles. The summed E-state index contributed by atoms with van der Waals surface area (Å²) in [5.41, 5.74) is 5.06. The van der Waals surface area contributed by atoms with Crippen molar-refractivity contribution in [2.24, 2.45) is 5.73 Å². The normalized spacial score (nSPS) is 22.2. The van der Waals surface area contributed by atoms with Crippen LogP contribution in [-0.4, -0.2) is 56.2 Å². The summed E-state index contributed by atoms with van der Waals surface area (Å²) in [6.45, 7) is 7.80. The average Bonchev–Trinajstić information content (AvgIpc) is 2.28. The molecule has 0 aromatic carbocycles. The Morgan fingerprint density at radius 3 is 3.12 bits per heavy atom. The molecule has 1 unspecified atom stereocenters. The summed E-state index contributed by atoms with van der Waals surface area (Å²) in [5.74, 6) is -0.229. The number of carbonyl (C=O) groups excluding carboxylic acids is 1. The number of nitrogens with one attached hydrogen (secondary N) is 1. The summed E-state index contributed by atoms with van der Waals surface area (Å²) in [5, 5.41) is 3.30. The van der Waals surface area contributed by atoms with E-state index in [2.05, 4.69) is 17.1 Å². The van der Waals surface area contributed by atoms with E-state index in [0.29, 0.717) is 6.42 Å². The van der Waals surface area contributed by atoms with Gasteiger partial charge < -0.3 is 15.8 Å². The second-order valence-electron chi connectivity index (χ2n) is 4.16. The molecule has 1 aliphatic rings. The Labute approximate surface area is 97.3 Å². The van der Waals surface area contributed by atoms with Gasteiger partial charge in [0.05, 0.1) is 12.7 Å².